The van der Waals surface area contributed by atoms with Crippen LogP contribution in [0.3, 0.4) is 0 Å². The van der Waals surface area contributed by atoms with Gasteiger partial charge in [-0.15, -0.1) is 11.3 Å². The molecule has 6 heteroatoms. The van der Waals surface area contributed by atoms with Crippen LogP contribution in [0.25, 0.3) is 0 Å². The second-order valence-electron chi connectivity index (χ2n) is 4.05. The first-order chi connectivity index (χ1) is 8.47. The molecule has 1 heterocycles. The third-order valence-electron chi connectivity index (χ3n) is 2.49. The van der Waals surface area contributed by atoms with Crippen LogP contribution in [0.2, 0.25) is 0 Å². The molecule has 0 amide bonds. The molecule has 3 nitrogen and oxygen atoms in total. The van der Waals surface area contributed by atoms with Gasteiger partial charge in [-0.2, -0.15) is 0 Å². The number of aryl methyl sites for hydroxylation is 1. The number of nitrogens with zero attached hydrogens (tertiary/aromatic N) is 2. The standard InChI is InChI=1S/C12H13F2N3S/c1-7-16-9(6-18-7)5-17(2)12-10(13)3-8(15)4-11(12)14/h3-4,6H,5,15H2,1-2H3. The summed E-state index contributed by atoms with van der Waals surface area (Å²) in [6.07, 6.45) is 0. The SMILES string of the molecule is Cc1nc(CN(C)c2c(F)cc(N)cc2F)cs1. The summed E-state index contributed by atoms with van der Waals surface area (Å²) in [6, 6.07) is 2.22. The number of anilines is 2. The van der Waals surface area contributed by atoms with E-state index >= 15 is 0 Å². The lowest BCUT2D eigenvalue weighted by atomic mass is 10.2. The van der Waals surface area contributed by atoms with E-state index in [0.717, 1.165) is 22.8 Å². The zero-order valence-corrected chi connectivity index (χ0v) is 10.9. The Kier molecular flexibility index (Phi) is 3.47. The summed E-state index contributed by atoms with van der Waals surface area (Å²) in [7, 11) is 1.62. The first-order valence-electron chi connectivity index (χ1n) is 5.34. The minimum atomic E-state index is -0.665. The monoisotopic (exact) mass is 269 g/mol. The van der Waals surface area contributed by atoms with Crippen LogP contribution in [0.15, 0.2) is 17.5 Å². The quantitative estimate of drug-likeness (QED) is 0.871. The highest BCUT2D eigenvalue weighted by molar-refractivity contribution is 7.09. The molecule has 0 fully saturated rings. The van der Waals surface area contributed by atoms with Crippen molar-refractivity contribution in [3.8, 4) is 0 Å². The third-order valence-corrected chi connectivity index (χ3v) is 3.31. The normalized spacial score (nSPS) is 10.7. The summed E-state index contributed by atoms with van der Waals surface area (Å²) >= 11 is 1.51. The Bertz CT molecular complexity index is 545. The molecule has 2 N–H and O–H groups in total. The van der Waals surface area contributed by atoms with Gasteiger partial charge in [0.2, 0.25) is 0 Å². The Morgan fingerprint density at radius 3 is 2.44 bits per heavy atom. The molecule has 0 unspecified atom stereocenters. The maximum Gasteiger partial charge on any atom is 0.151 e. The maximum absolute atomic E-state index is 13.7. The summed E-state index contributed by atoms with van der Waals surface area (Å²) in [6.45, 7) is 2.24. The molecule has 0 radical (unpaired) electrons. The van der Waals surface area contributed by atoms with Gasteiger partial charge in [0.05, 0.1) is 17.2 Å². The molecule has 0 aliphatic rings. The molecular formula is C12H13F2N3S. The minimum absolute atomic E-state index is 0.0756. The predicted octanol–water partition coefficient (Wildman–Crippen LogP) is 2.95. The first kappa shape index (κ1) is 12.8. The van der Waals surface area contributed by atoms with Crippen molar-refractivity contribution < 1.29 is 8.78 Å². The lowest BCUT2D eigenvalue weighted by Gasteiger charge is -2.19. The summed E-state index contributed by atoms with van der Waals surface area (Å²) in [5.41, 5.74) is 6.15. The van der Waals surface area contributed by atoms with Crippen LogP contribution in [0.5, 0.6) is 0 Å². The van der Waals surface area contributed by atoms with Gasteiger partial charge in [-0.3, -0.25) is 0 Å². The van der Waals surface area contributed by atoms with Crippen molar-refractivity contribution >= 4 is 22.7 Å². The zero-order chi connectivity index (χ0) is 13.3. The predicted molar refractivity (Wildman–Crippen MR) is 69.7 cm³/mol. The Balaban J connectivity index is 2.26. The third kappa shape index (κ3) is 2.59. The van der Waals surface area contributed by atoms with Gasteiger partial charge in [-0.25, -0.2) is 13.8 Å². The molecule has 0 aliphatic heterocycles. The Hall–Kier alpha value is -1.69. The number of nitrogens with two attached hydrogens (primary N) is 1. The lowest BCUT2D eigenvalue weighted by molar-refractivity contribution is 0.577. The first-order valence-corrected chi connectivity index (χ1v) is 6.22. The molecule has 2 aromatic rings. The number of benzene rings is 1. The van der Waals surface area contributed by atoms with Crippen molar-refractivity contribution in [2.24, 2.45) is 0 Å². The van der Waals surface area contributed by atoms with Gasteiger partial charge in [0.15, 0.2) is 11.6 Å². The van der Waals surface area contributed by atoms with E-state index in [9.17, 15) is 8.78 Å². The fourth-order valence-electron chi connectivity index (χ4n) is 1.75. The van der Waals surface area contributed by atoms with E-state index in [1.807, 2.05) is 12.3 Å². The van der Waals surface area contributed by atoms with Crippen LogP contribution in [0.1, 0.15) is 10.7 Å². The maximum atomic E-state index is 13.7. The molecule has 0 saturated heterocycles. The molecule has 1 aromatic carbocycles. The average molecular weight is 269 g/mol. The van der Waals surface area contributed by atoms with Crippen molar-refractivity contribution in [2.45, 2.75) is 13.5 Å². The van der Waals surface area contributed by atoms with Crippen LogP contribution < -0.4 is 10.6 Å². The molecule has 18 heavy (non-hydrogen) atoms. The number of halogens is 2. The zero-order valence-electron chi connectivity index (χ0n) is 10.1. The van der Waals surface area contributed by atoms with Gasteiger partial charge in [0.1, 0.15) is 5.69 Å². The van der Waals surface area contributed by atoms with E-state index in [0.29, 0.717) is 6.54 Å². The van der Waals surface area contributed by atoms with Crippen LogP contribution in [0, 0.1) is 18.6 Å². The van der Waals surface area contributed by atoms with Gasteiger partial charge < -0.3 is 10.6 Å². The average Bonchev–Trinajstić information content (AvgIpc) is 2.62. The van der Waals surface area contributed by atoms with Crippen LogP contribution in [-0.4, -0.2) is 12.0 Å². The van der Waals surface area contributed by atoms with Crippen LogP contribution >= 0.6 is 11.3 Å². The summed E-state index contributed by atoms with van der Waals surface area (Å²) in [5, 5.41) is 2.80. The number of thiazole rings is 1. The van der Waals surface area contributed by atoms with E-state index in [1.54, 1.807) is 7.05 Å². The minimum Gasteiger partial charge on any atom is -0.399 e. The molecule has 0 aliphatic carbocycles. The second kappa shape index (κ2) is 4.89. The van der Waals surface area contributed by atoms with Crippen LogP contribution in [0.4, 0.5) is 20.2 Å². The van der Waals surface area contributed by atoms with Crippen molar-refractivity contribution in [3.05, 3.63) is 39.8 Å². The smallest absolute Gasteiger partial charge is 0.151 e. The number of nitrogen functional groups attached to an aromatic ring is 1. The highest BCUT2D eigenvalue weighted by Crippen LogP contribution is 2.26. The molecule has 0 atom stereocenters. The van der Waals surface area contributed by atoms with E-state index in [1.165, 1.54) is 16.2 Å². The van der Waals surface area contributed by atoms with Crippen molar-refractivity contribution in [1.82, 2.24) is 4.98 Å². The topological polar surface area (TPSA) is 42.2 Å². The van der Waals surface area contributed by atoms with Gasteiger partial charge in [-0.1, -0.05) is 0 Å². The molecule has 0 saturated carbocycles. The number of aromatic nitrogens is 1. The number of rotatable bonds is 3. The van der Waals surface area contributed by atoms with Gasteiger partial charge in [-0.05, 0) is 19.1 Å². The van der Waals surface area contributed by atoms with Crippen molar-refractivity contribution in [1.29, 1.82) is 0 Å². The highest BCUT2D eigenvalue weighted by Gasteiger charge is 2.15. The van der Waals surface area contributed by atoms with E-state index < -0.39 is 11.6 Å². The molecule has 0 bridgehead atoms. The number of hydrogen-bond donors (Lipinski definition) is 1. The van der Waals surface area contributed by atoms with Crippen molar-refractivity contribution in [2.75, 3.05) is 17.7 Å². The number of hydrogen-bond acceptors (Lipinski definition) is 4. The summed E-state index contributed by atoms with van der Waals surface area (Å²) in [5.74, 6) is -1.33. The fourth-order valence-corrected chi connectivity index (χ4v) is 2.36. The van der Waals surface area contributed by atoms with Gasteiger partial charge >= 0.3 is 0 Å². The van der Waals surface area contributed by atoms with Crippen molar-refractivity contribution in [3.63, 3.8) is 0 Å². The molecule has 96 valence electrons. The fraction of sp³-hybridized carbons (Fsp3) is 0.250. The van der Waals surface area contributed by atoms with Crippen LogP contribution in [-0.2, 0) is 6.54 Å². The largest absolute Gasteiger partial charge is 0.399 e. The van der Waals surface area contributed by atoms with Gasteiger partial charge in [0, 0.05) is 18.1 Å². The lowest BCUT2D eigenvalue weighted by Crippen LogP contribution is -2.19. The molecule has 1 aromatic heterocycles. The Morgan fingerprint density at radius 1 is 1.33 bits per heavy atom. The molecular weight excluding hydrogens is 256 g/mol. The van der Waals surface area contributed by atoms with E-state index in [-0.39, 0.29) is 11.4 Å². The second-order valence-corrected chi connectivity index (χ2v) is 5.11. The Labute approximate surface area is 108 Å². The van der Waals surface area contributed by atoms with Gasteiger partial charge in [0.25, 0.3) is 0 Å². The highest BCUT2D eigenvalue weighted by atomic mass is 32.1. The summed E-state index contributed by atoms with van der Waals surface area (Å²) < 4.78 is 27.4. The summed E-state index contributed by atoms with van der Waals surface area (Å²) in [4.78, 5) is 5.75. The van der Waals surface area contributed by atoms with E-state index in [2.05, 4.69) is 4.98 Å². The molecule has 0 spiro atoms. The van der Waals surface area contributed by atoms with E-state index in [4.69, 9.17) is 5.73 Å². The Morgan fingerprint density at radius 2 is 1.94 bits per heavy atom. The molecule has 2 rings (SSSR count).